The third-order valence-electron chi connectivity index (χ3n) is 2.78. The maximum absolute atomic E-state index is 11.6. The molecule has 1 amide bonds. The minimum absolute atomic E-state index is 0.212. The molecule has 0 aromatic heterocycles. The lowest BCUT2D eigenvalue weighted by Crippen LogP contribution is -2.31. The molecule has 4 nitrogen and oxygen atoms in total. The number of aliphatic hydroxyl groups excluding tert-OH is 1. The number of carbonyl (C=O) groups is 1. The van der Waals surface area contributed by atoms with Crippen LogP contribution in [0.2, 0.25) is 0 Å². The summed E-state index contributed by atoms with van der Waals surface area (Å²) in [7, 11) is 1.60. The Kier molecular flexibility index (Phi) is 6.81. The number of hydrogen-bond acceptors (Lipinski definition) is 3. The van der Waals surface area contributed by atoms with E-state index in [9.17, 15) is 9.90 Å². The Hall–Kier alpha value is -1.81. The van der Waals surface area contributed by atoms with E-state index < -0.39 is 6.10 Å². The molecule has 0 aliphatic rings. The SMILES string of the molecule is COc1cccc(/C=C/C(=O)NCC(O)CC(C)C)c1. The van der Waals surface area contributed by atoms with E-state index in [2.05, 4.69) is 5.32 Å². The molecule has 4 heteroatoms. The summed E-state index contributed by atoms with van der Waals surface area (Å²) in [5, 5.41) is 12.3. The zero-order chi connectivity index (χ0) is 15.0. The van der Waals surface area contributed by atoms with E-state index in [-0.39, 0.29) is 12.5 Å². The molecule has 2 N–H and O–H groups in total. The first kappa shape index (κ1) is 16.2. The standard InChI is InChI=1S/C16H23NO3/c1-12(2)9-14(18)11-17-16(19)8-7-13-5-4-6-15(10-13)20-3/h4-8,10,12,14,18H,9,11H2,1-3H3,(H,17,19)/b8-7+. The number of nitrogens with one attached hydrogen (secondary N) is 1. The van der Waals surface area contributed by atoms with Crippen LogP contribution in [0.4, 0.5) is 0 Å². The zero-order valence-electron chi connectivity index (χ0n) is 12.3. The van der Waals surface area contributed by atoms with Gasteiger partial charge in [0, 0.05) is 12.6 Å². The van der Waals surface area contributed by atoms with Crippen molar-refractivity contribution in [2.24, 2.45) is 5.92 Å². The van der Waals surface area contributed by atoms with Crippen molar-refractivity contribution in [1.82, 2.24) is 5.32 Å². The number of aliphatic hydroxyl groups is 1. The Morgan fingerprint density at radius 2 is 2.20 bits per heavy atom. The third kappa shape index (κ3) is 6.38. The lowest BCUT2D eigenvalue weighted by Gasteiger charge is -2.12. The average molecular weight is 277 g/mol. The summed E-state index contributed by atoms with van der Waals surface area (Å²) in [6.07, 6.45) is 3.35. The lowest BCUT2D eigenvalue weighted by molar-refractivity contribution is -0.116. The maximum Gasteiger partial charge on any atom is 0.244 e. The van der Waals surface area contributed by atoms with Crippen molar-refractivity contribution in [3.63, 3.8) is 0 Å². The van der Waals surface area contributed by atoms with Crippen molar-refractivity contribution < 1.29 is 14.6 Å². The van der Waals surface area contributed by atoms with Crippen LogP contribution in [0.25, 0.3) is 6.08 Å². The van der Waals surface area contributed by atoms with Gasteiger partial charge in [-0.1, -0.05) is 26.0 Å². The Morgan fingerprint density at radius 3 is 2.85 bits per heavy atom. The number of methoxy groups -OCH3 is 1. The molecule has 0 fully saturated rings. The number of rotatable bonds is 7. The van der Waals surface area contributed by atoms with Crippen molar-refractivity contribution in [2.45, 2.75) is 26.4 Å². The highest BCUT2D eigenvalue weighted by atomic mass is 16.5. The van der Waals surface area contributed by atoms with Crippen LogP contribution in [0.15, 0.2) is 30.3 Å². The minimum Gasteiger partial charge on any atom is -0.497 e. The van der Waals surface area contributed by atoms with Crippen LogP contribution in [-0.4, -0.2) is 30.8 Å². The van der Waals surface area contributed by atoms with Gasteiger partial charge in [0.25, 0.3) is 0 Å². The number of benzene rings is 1. The summed E-state index contributed by atoms with van der Waals surface area (Å²) in [6, 6.07) is 7.44. The van der Waals surface area contributed by atoms with Gasteiger partial charge < -0.3 is 15.2 Å². The second-order valence-corrected chi connectivity index (χ2v) is 5.14. The molecule has 1 unspecified atom stereocenters. The van der Waals surface area contributed by atoms with E-state index in [1.54, 1.807) is 13.2 Å². The summed E-state index contributed by atoms with van der Waals surface area (Å²) < 4.78 is 5.11. The zero-order valence-corrected chi connectivity index (χ0v) is 12.3. The summed E-state index contributed by atoms with van der Waals surface area (Å²) in [5.41, 5.74) is 0.891. The van der Waals surface area contributed by atoms with Gasteiger partial charge in [0.2, 0.25) is 5.91 Å². The highest BCUT2D eigenvalue weighted by Gasteiger charge is 2.07. The lowest BCUT2D eigenvalue weighted by atomic mass is 10.1. The van der Waals surface area contributed by atoms with Crippen molar-refractivity contribution >= 4 is 12.0 Å². The van der Waals surface area contributed by atoms with Crippen LogP contribution < -0.4 is 10.1 Å². The van der Waals surface area contributed by atoms with Gasteiger partial charge in [-0.25, -0.2) is 0 Å². The Labute approximate surface area is 120 Å². The molecular weight excluding hydrogens is 254 g/mol. The van der Waals surface area contributed by atoms with E-state index >= 15 is 0 Å². The molecule has 20 heavy (non-hydrogen) atoms. The number of ether oxygens (including phenoxy) is 1. The first-order chi connectivity index (χ1) is 9.51. The molecular formula is C16H23NO3. The largest absolute Gasteiger partial charge is 0.497 e. The second-order valence-electron chi connectivity index (χ2n) is 5.14. The van der Waals surface area contributed by atoms with Gasteiger partial charge in [-0.2, -0.15) is 0 Å². The topological polar surface area (TPSA) is 58.6 Å². The highest BCUT2D eigenvalue weighted by molar-refractivity contribution is 5.91. The Balaban J connectivity index is 2.43. The van der Waals surface area contributed by atoms with Gasteiger partial charge in [0.05, 0.1) is 13.2 Å². The summed E-state index contributed by atoms with van der Waals surface area (Å²) >= 11 is 0. The molecule has 1 rings (SSSR count). The van der Waals surface area contributed by atoms with Crippen molar-refractivity contribution in [3.05, 3.63) is 35.9 Å². The van der Waals surface area contributed by atoms with Crippen LogP contribution in [0.5, 0.6) is 5.75 Å². The van der Waals surface area contributed by atoms with Crippen LogP contribution in [0.1, 0.15) is 25.8 Å². The molecule has 0 saturated heterocycles. The first-order valence-electron chi connectivity index (χ1n) is 6.79. The van der Waals surface area contributed by atoms with Gasteiger partial charge in [-0.05, 0) is 36.1 Å². The number of carbonyl (C=O) groups excluding carboxylic acids is 1. The average Bonchev–Trinajstić information content (AvgIpc) is 2.42. The summed E-state index contributed by atoms with van der Waals surface area (Å²) in [4.78, 5) is 11.6. The fourth-order valence-electron chi connectivity index (χ4n) is 1.82. The number of amides is 1. The van der Waals surface area contributed by atoms with Gasteiger partial charge in [0.1, 0.15) is 5.75 Å². The predicted octanol–water partition coefficient (Wildman–Crippen LogP) is 2.23. The van der Waals surface area contributed by atoms with E-state index in [1.807, 2.05) is 38.1 Å². The molecule has 0 heterocycles. The van der Waals surface area contributed by atoms with Crippen LogP contribution in [-0.2, 0) is 4.79 Å². The van der Waals surface area contributed by atoms with Gasteiger partial charge >= 0.3 is 0 Å². The molecule has 0 aliphatic carbocycles. The van der Waals surface area contributed by atoms with Gasteiger partial charge in [-0.3, -0.25) is 4.79 Å². The second kappa shape index (κ2) is 8.38. The van der Waals surface area contributed by atoms with E-state index in [1.165, 1.54) is 6.08 Å². The maximum atomic E-state index is 11.6. The first-order valence-corrected chi connectivity index (χ1v) is 6.79. The van der Waals surface area contributed by atoms with Crippen molar-refractivity contribution in [2.75, 3.05) is 13.7 Å². The smallest absolute Gasteiger partial charge is 0.244 e. The Morgan fingerprint density at radius 1 is 1.45 bits per heavy atom. The molecule has 0 bridgehead atoms. The van der Waals surface area contributed by atoms with Gasteiger partial charge in [0.15, 0.2) is 0 Å². The fourth-order valence-corrected chi connectivity index (χ4v) is 1.82. The quantitative estimate of drug-likeness (QED) is 0.751. The normalized spacial score (nSPS) is 12.7. The number of hydrogen-bond donors (Lipinski definition) is 2. The molecule has 0 saturated carbocycles. The van der Waals surface area contributed by atoms with E-state index in [4.69, 9.17) is 4.74 Å². The summed E-state index contributed by atoms with van der Waals surface area (Å²) in [6.45, 7) is 4.35. The van der Waals surface area contributed by atoms with Crippen LogP contribution in [0, 0.1) is 5.92 Å². The fraction of sp³-hybridized carbons (Fsp3) is 0.438. The molecule has 0 radical (unpaired) electrons. The van der Waals surface area contributed by atoms with Crippen molar-refractivity contribution in [3.8, 4) is 5.75 Å². The molecule has 1 atom stereocenters. The third-order valence-corrected chi connectivity index (χ3v) is 2.78. The predicted molar refractivity (Wildman–Crippen MR) is 80.5 cm³/mol. The van der Waals surface area contributed by atoms with Crippen LogP contribution >= 0.6 is 0 Å². The Bertz CT molecular complexity index is 455. The van der Waals surface area contributed by atoms with Gasteiger partial charge in [-0.15, -0.1) is 0 Å². The van der Waals surface area contributed by atoms with E-state index in [0.29, 0.717) is 12.3 Å². The molecule has 0 aliphatic heterocycles. The molecule has 0 spiro atoms. The molecule has 1 aromatic carbocycles. The van der Waals surface area contributed by atoms with Crippen molar-refractivity contribution in [1.29, 1.82) is 0 Å². The highest BCUT2D eigenvalue weighted by Crippen LogP contribution is 2.13. The van der Waals surface area contributed by atoms with Crippen LogP contribution in [0.3, 0.4) is 0 Å². The monoisotopic (exact) mass is 277 g/mol. The molecule has 1 aromatic rings. The van der Waals surface area contributed by atoms with E-state index in [0.717, 1.165) is 11.3 Å². The summed E-state index contributed by atoms with van der Waals surface area (Å²) in [5.74, 6) is 0.949. The minimum atomic E-state index is -0.496. The molecule has 110 valence electrons.